The van der Waals surface area contributed by atoms with Crippen LogP contribution in [-0.4, -0.2) is 21.8 Å². The van der Waals surface area contributed by atoms with Gasteiger partial charge in [0.2, 0.25) is 0 Å². The maximum absolute atomic E-state index is 11.0. The van der Waals surface area contributed by atoms with E-state index >= 15 is 0 Å². The average molecular weight is 333 g/mol. The van der Waals surface area contributed by atoms with E-state index in [2.05, 4.69) is 16.9 Å². The molecule has 1 aromatic heterocycles. The molecule has 0 atom stereocenters. The quantitative estimate of drug-likeness (QED) is 0.485. The van der Waals surface area contributed by atoms with Crippen molar-refractivity contribution < 1.29 is 9.53 Å². The maximum atomic E-state index is 11.0. The summed E-state index contributed by atoms with van der Waals surface area (Å²) in [5.74, 6) is 1.40. The van der Waals surface area contributed by atoms with Crippen LogP contribution in [0.3, 0.4) is 0 Å². The van der Waals surface area contributed by atoms with Crippen LogP contribution in [0, 0.1) is 0 Å². The summed E-state index contributed by atoms with van der Waals surface area (Å²) in [6.07, 6.45) is 8.98. The molecule has 23 heavy (non-hydrogen) atoms. The van der Waals surface area contributed by atoms with Gasteiger partial charge in [0.1, 0.15) is 5.75 Å². The van der Waals surface area contributed by atoms with E-state index in [0.29, 0.717) is 11.4 Å². The number of ether oxygens (including phenoxy) is 1. The zero-order chi connectivity index (χ0) is 16.5. The summed E-state index contributed by atoms with van der Waals surface area (Å²) in [6, 6.07) is 7.63. The first-order valence-electron chi connectivity index (χ1n) is 7.96. The summed E-state index contributed by atoms with van der Waals surface area (Å²) in [5, 5.41) is -0.556. The van der Waals surface area contributed by atoms with E-state index in [0.717, 1.165) is 24.3 Å². The minimum absolute atomic E-state index is 0.290. The van der Waals surface area contributed by atoms with Crippen molar-refractivity contribution in [3.8, 4) is 17.1 Å². The van der Waals surface area contributed by atoms with Crippen molar-refractivity contribution in [3.05, 3.63) is 42.2 Å². The van der Waals surface area contributed by atoms with Crippen molar-refractivity contribution in [2.24, 2.45) is 0 Å². The van der Waals surface area contributed by atoms with Gasteiger partial charge in [-0.2, -0.15) is 0 Å². The summed E-state index contributed by atoms with van der Waals surface area (Å²) in [4.78, 5) is 19.3. The van der Waals surface area contributed by atoms with Crippen molar-refractivity contribution in [1.82, 2.24) is 9.97 Å². The standard InChI is InChI=1S/C18H21ClN2O2/c1-2-3-4-5-6-11-23-16-9-7-14(8-10-16)18-20-12-15(13-21-18)17(19)22/h7-10,12-13H,2-6,11H2,1H3. The second-order valence-electron chi connectivity index (χ2n) is 5.36. The molecule has 4 nitrogen and oxygen atoms in total. The van der Waals surface area contributed by atoms with E-state index in [4.69, 9.17) is 16.3 Å². The first kappa shape index (κ1) is 17.4. The Balaban J connectivity index is 1.85. The van der Waals surface area contributed by atoms with E-state index in [9.17, 15) is 4.79 Å². The second kappa shape index (κ2) is 9.26. The monoisotopic (exact) mass is 332 g/mol. The molecule has 0 bridgehead atoms. The molecule has 0 N–H and O–H groups in total. The number of benzene rings is 1. The summed E-state index contributed by atoms with van der Waals surface area (Å²) >= 11 is 5.38. The third-order valence-corrected chi connectivity index (χ3v) is 3.73. The molecule has 122 valence electrons. The number of carbonyl (C=O) groups excluding carboxylic acids is 1. The molecule has 0 amide bonds. The molecule has 2 aromatic rings. The van der Waals surface area contributed by atoms with Crippen molar-refractivity contribution in [2.75, 3.05) is 6.61 Å². The van der Waals surface area contributed by atoms with E-state index in [1.807, 2.05) is 24.3 Å². The number of halogens is 1. The van der Waals surface area contributed by atoms with Gasteiger partial charge >= 0.3 is 0 Å². The number of unbranched alkanes of at least 4 members (excludes halogenated alkanes) is 4. The van der Waals surface area contributed by atoms with Crippen LogP contribution in [0.5, 0.6) is 5.75 Å². The van der Waals surface area contributed by atoms with Gasteiger partial charge in [-0.1, -0.05) is 32.6 Å². The van der Waals surface area contributed by atoms with Crippen LogP contribution in [0.4, 0.5) is 0 Å². The van der Waals surface area contributed by atoms with E-state index in [1.54, 1.807) is 0 Å². The predicted molar refractivity (Wildman–Crippen MR) is 91.9 cm³/mol. The molecule has 1 heterocycles. The van der Waals surface area contributed by atoms with E-state index in [1.165, 1.54) is 38.1 Å². The lowest BCUT2D eigenvalue weighted by molar-refractivity contribution is 0.108. The average Bonchev–Trinajstić information content (AvgIpc) is 2.58. The van der Waals surface area contributed by atoms with Crippen molar-refractivity contribution in [3.63, 3.8) is 0 Å². The highest BCUT2D eigenvalue weighted by Crippen LogP contribution is 2.19. The predicted octanol–water partition coefficient (Wildman–Crippen LogP) is 4.87. The highest BCUT2D eigenvalue weighted by molar-refractivity contribution is 6.67. The number of nitrogens with zero attached hydrogens (tertiary/aromatic N) is 2. The molecule has 5 heteroatoms. The Morgan fingerprint density at radius 3 is 2.30 bits per heavy atom. The highest BCUT2D eigenvalue weighted by Gasteiger charge is 2.05. The SMILES string of the molecule is CCCCCCCOc1ccc(-c2ncc(C(=O)Cl)cn2)cc1. The fraction of sp³-hybridized carbons (Fsp3) is 0.389. The van der Waals surface area contributed by atoms with Gasteiger partial charge in [0, 0.05) is 18.0 Å². The van der Waals surface area contributed by atoms with E-state index in [-0.39, 0.29) is 0 Å². The Kier molecular flexibility index (Phi) is 7.01. The fourth-order valence-electron chi connectivity index (χ4n) is 2.17. The van der Waals surface area contributed by atoms with Crippen LogP contribution in [0.15, 0.2) is 36.7 Å². The molecule has 0 saturated carbocycles. The molecule has 0 aliphatic carbocycles. The third kappa shape index (κ3) is 5.64. The largest absolute Gasteiger partial charge is 0.494 e. The van der Waals surface area contributed by atoms with Gasteiger partial charge in [-0.3, -0.25) is 4.79 Å². The van der Waals surface area contributed by atoms with Gasteiger partial charge in [0.05, 0.1) is 12.2 Å². The third-order valence-electron chi connectivity index (χ3n) is 3.51. The smallest absolute Gasteiger partial charge is 0.255 e. The Bertz CT molecular complexity index is 612. The molecule has 2 rings (SSSR count). The van der Waals surface area contributed by atoms with Crippen LogP contribution < -0.4 is 4.74 Å². The summed E-state index contributed by atoms with van der Waals surface area (Å²) < 4.78 is 5.72. The number of aromatic nitrogens is 2. The Morgan fingerprint density at radius 2 is 1.70 bits per heavy atom. The number of hydrogen-bond donors (Lipinski definition) is 0. The van der Waals surface area contributed by atoms with Crippen LogP contribution in [-0.2, 0) is 0 Å². The van der Waals surface area contributed by atoms with Gasteiger partial charge in [0.15, 0.2) is 5.82 Å². The minimum Gasteiger partial charge on any atom is -0.494 e. The Morgan fingerprint density at radius 1 is 1.04 bits per heavy atom. The van der Waals surface area contributed by atoms with Gasteiger partial charge in [-0.05, 0) is 42.3 Å². The van der Waals surface area contributed by atoms with Gasteiger partial charge < -0.3 is 4.74 Å². The van der Waals surface area contributed by atoms with E-state index < -0.39 is 5.24 Å². The van der Waals surface area contributed by atoms with Gasteiger partial charge in [-0.25, -0.2) is 9.97 Å². The molecule has 0 fully saturated rings. The molecule has 0 unspecified atom stereocenters. The number of rotatable bonds is 9. The minimum atomic E-state index is -0.556. The highest BCUT2D eigenvalue weighted by atomic mass is 35.5. The molecular weight excluding hydrogens is 312 g/mol. The molecule has 1 aromatic carbocycles. The van der Waals surface area contributed by atoms with Crippen molar-refractivity contribution in [1.29, 1.82) is 0 Å². The molecule has 0 aliphatic rings. The molecule has 0 aliphatic heterocycles. The normalized spacial score (nSPS) is 10.5. The Hall–Kier alpha value is -1.94. The summed E-state index contributed by atoms with van der Waals surface area (Å²) in [6.45, 7) is 2.95. The topological polar surface area (TPSA) is 52.1 Å². The second-order valence-corrected chi connectivity index (χ2v) is 5.70. The lowest BCUT2D eigenvalue weighted by atomic mass is 10.2. The molecule has 0 spiro atoms. The van der Waals surface area contributed by atoms with Crippen molar-refractivity contribution in [2.45, 2.75) is 39.0 Å². The Labute approximate surface area is 141 Å². The van der Waals surface area contributed by atoms with Crippen LogP contribution >= 0.6 is 11.6 Å². The summed E-state index contributed by atoms with van der Waals surface area (Å²) in [7, 11) is 0. The maximum Gasteiger partial charge on any atom is 0.255 e. The van der Waals surface area contributed by atoms with Gasteiger partial charge in [-0.15, -0.1) is 0 Å². The molecular formula is C18H21ClN2O2. The lowest BCUT2D eigenvalue weighted by Gasteiger charge is -2.07. The van der Waals surface area contributed by atoms with Crippen LogP contribution in [0.25, 0.3) is 11.4 Å². The van der Waals surface area contributed by atoms with Gasteiger partial charge in [0.25, 0.3) is 5.24 Å². The van der Waals surface area contributed by atoms with Crippen molar-refractivity contribution >= 4 is 16.8 Å². The first-order valence-corrected chi connectivity index (χ1v) is 8.33. The molecule has 0 radical (unpaired) electrons. The number of hydrogen-bond acceptors (Lipinski definition) is 4. The van der Waals surface area contributed by atoms with Crippen LogP contribution in [0.1, 0.15) is 49.4 Å². The van der Waals surface area contributed by atoms with Crippen LogP contribution in [0.2, 0.25) is 0 Å². The molecule has 0 saturated heterocycles. The summed E-state index contributed by atoms with van der Waals surface area (Å²) in [5.41, 5.74) is 1.16. The number of carbonyl (C=O) groups is 1. The first-order chi connectivity index (χ1) is 11.2. The fourth-order valence-corrected chi connectivity index (χ4v) is 2.27. The lowest BCUT2D eigenvalue weighted by Crippen LogP contribution is -1.98. The zero-order valence-electron chi connectivity index (χ0n) is 13.3. The zero-order valence-corrected chi connectivity index (χ0v) is 14.1.